The van der Waals surface area contributed by atoms with Crippen molar-refractivity contribution in [2.45, 2.75) is 50.6 Å². The second-order valence-electron chi connectivity index (χ2n) is 5.68. The fourth-order valence-electron chi connectivity index (χ4n) is 2.77. The van der Waals surface area contributed by atoms with Crippen molar-refractivity contribution in [1.29, 1.82) is 0 Å². The number of rotatable bonds is 7. The lowest BCUT2D eigenvalue weighted by atomic mass is 10.1. The molecule has 3 atom stereocenters. The molecule has 1 aliphatic heterocycles. The number of carbonyl (C=O) groups is 1. The molecule has 1 aromatic rings. The number of benzene rings is 1. The van der Waals surface area contributed by atoms with E-state index in [9.17, 15) is 4.79 Å². The molecule has 1 aromatic carbocycles. The number of amides is 1. The van der Waals surface area contributed by atoms with Crippen LogP contribution in [0.1, 0.15) is 44.7 Å². The van der Waals surface area contributed by atoms with Crippen molar-refractivity contribution in [3.05, 3.63) is 35.9 Å². The summed E-state index contributed by atoms with van der Waals surface area (Å²) in [6.07, 6.45) is 5.47. The van der Waals surface area contributed by atoms with Gasteiger partial charge in [0.15, 0.2) is 0 Å². The average molecular weight is 306 g/mol. The number of carbonyl (C=O) groups excluding carboxylic acids is 1. The van der Waals surface area contributed by atoms with Crippen molar-refractivity contribution in [2.75, 3.05) is 12.8 Å². The number of nitrogens with one attached hydrogen (secondary N) is 1. The van der Waals surface area contributed by atoms with Crippen molar-refractivity contribution in [2.24, 2.45) is 0 Å². The van der Waals surface area contributed by atoms with Crippen LogP contribution in [0.25, 0.3) is 0 Å². The van der Waals surface area contributed by atoms with E-state index in [1.54, 1.807) is 0 Å². The molecule has 0 aliphatic carbocycles. The van der Waals surface area contributed by atoms with E-state index in [1.165, 1.54) is 0 Å². The second-order valence-corrected chi connectivity index (χ2v) is 6.96. The van der Waals surface area contributed by atoms with E-state index in [0.29, 0.717) is 5.25 Å². The van der Waals surface area contributed by atoms with Crippen LogP contribution in [0.5, 0.6) is 0 Å². The molecule has 2 rings (SSSR count). The third kappa shape index (κ3) is 4.01. The molecule has 21 heavy (non-hydrogen) atoms. The maximum absolute atomic E-state index is 12.7. The molecule has 1 amide bonds. The van der Waals surface area contributed by atoms with Crippen LogP contribution in [-0.4, -0.2) is 35.0 Å². The summed E-state index contributed by atoms with van der Waals surface area (Å²) in [5.74, 6) is 0.230. The lowest BCUT2D eigenvalue weighted by Crippen LogP contribution is -2.38. The van der Waals surface area contributed by atoms with Gasteiger partial charge in [0.25, 0.3) is 0 Å². The van der Waals surface area contributed by atoms with Gasteiger partial charge >= 0.3 is 0 Å². The van der Waals surface area contributed by atoms with Gasteiger partial charge in [0.2, 0.25) is 5.91 Å². The molecule has 4 heteroatoms. The Kier molecular flexibility index (Phi) is 6.12. The SMILES string of the molecule is CCCC1NC(c2ccccc2)C(=O)N1CCC(C)SC. The van der Waals surface area contributed by atoms with Crippen LogP contribution < -0.4 is 5.32 Å². The minimum Gasteiger partial charge on any atom is -0.325 e. The highest BCUT2D eigenvalue weighted by Gasteiger charge is 2.38. The molecule has 0 aromatic heterocycles. The van der Waals surface area contributed by atoms with E-state index < -0.39 is 0 Å². The number of hydrogen-bond donors (Lipinski definition) is 1. The van der Waals surface area contributed by atoms with Crippen LogP contribution in [-0.2, 0) is 4.79 Å². The molecule has 1 N–H and O–H groups in total. The summed E-state index contributed by atoms with van der Waals surface area (Å²) < 4.78 is 0. The highest BCUT2D eigenvalue weighted by atomic mass is 32.2. The summed E-state index contributed by atoms with van der Waals surface area (Å²) in [6, 6.07) is 9.88. The normalized spacial score (nSPS) is 23.6. The summed E-state index contributed by atoms with van der Waals surface area (Å²) in [4.78, 5) is 14.8. The van der Waals surface area contributed by atoms with Crippen LogP contribution >= 0.6 is 11.8 Å². The third-order valence-corrected chi connectivity index (χ3v) is 5.18. The smallest absolute Gasteiger partial charge is 0.245 e. The van der Waals surface area contributed by atoms with Gasteiger partial charge in [-0.3, -0.25) is 10.1 Å². The number of hydrogen-bond acceptors (Lipinski definition) is 3. The molecule has 0 saturated carbocycles. The molecule has 3 unspecified atom stereocenters. The first-order valence-electron chi connectivity index (χ1n) is 7.81. The van der Waals surface area contributed by atoms with Gasteiger partial charge in [-0.05, 0) is 24.7 Å². The molecule has 1 saturated heterocycles. The Morgan fingerprint density at radius 2 is 2.05 bits per heavy atom. The van der Waals surface area contributed by atoms with E-state index in [-0.39, 0.29) is 18.1 Å². The van der Waals surface area contributed by atoms with Crippen LogP contribution in [0.15, 0.2) is 30.3 Å². The number of thioether (sulfide) groups is 1. The lowest BCUT2D eigenvalue weighted by Gasteiger charge is -2.24. The molecular formula is C17H26N2OS. The third-order valence-electron chi connectivity index (χ3n) is 4.14. The van der Waals surface area contributed by atoms with Gasteiger partial charge in [0, 0.05) is 11.8 Å². The van der Waals surface area contributed by atoms with Crippen molar-refractivity contribution in [3.8, 4) is 0 Å². The zero-order valence-corrected chi connectivity index (χ0v) is 14.0. The summed E-state index contributed by atoms with van der Waals surface area (Å²) in [5.41, 5.74) is 1.07. The fourth-order valence-corrected chi connectivity index (χ4v) is 3.12. The topological polar surface area (TPSA) is 32.3 Å². The van der Waals surface area contributed by atoms with E-state index in [0.717, 1.165) is 31.4 Å². The van der Waals surface area contributed by atoms with E-state index in [2.05, 4.69) is 25.4 Å². The first-order valence-corrected chi connectivity index (χ1v) is 9.10. The van der Waals surface area contributed by atoms with Crippen molar-refractivity contribution in [1.82, 2.24) is 10.2 Å². The second kappa shape index (κ2) is 7.85. The zero-order chi connectivity index (χ0) is 15.2. The van der Waals surface area contributed by atoms with Crippen LogP contribution in [0, 0.1) is 0 Å². The monoisotopic (exact) mass is 306 g/mol. The van der Waals surface area contributed by atoms with Gasteiger partial charge in [-0.25, -0.2) is 0 Å². The minimum absolute atomic E-state index is 0.174. The molecule has 116 valence electrons. The summed E-state index contributed by atoms with van der Waals surface area (Å²) in [5, 5.41) is 4.11. The highest BCUT2D eigenvalue weighted by Crippen LogP contribution is 2.27. The Balaban J connectivity index is 2.09. The van der Waals surface area contributed by atoms with Crippen LogP contribution in [0.4, 0.5) is 0 Å². The van der Waals surface area contributed by atoms with E-state index in [1.807, 2.05) is 47.0 Å². The minimum atomic E-state index is -0.174. The molecular weight excluding hydrogens is 280 g/mol. The standard InChI is InChI=1S/C17H26N2OS/c1-4-8-15-18-16(14-9-6-5-7-10-14)17(20)19(15)12-11-13(2)21-3/h5-7,9-10,13,15-16,18H,4,8,11-12H2,1-3H3. The van der Waals surface area contributed by atoms with Crippen molar-refractivity contribution in [3.63, 3.8) is 0 Å². The predicted molar refractivity (Wildman–Crippen MR) is 90.3 cm³/mol. The Morgan fingerprint density at radius 1 is 1.33 bits per heavy atom. The first kappa shape index (κ1) is 16.4. The zero-order valence-electron chi connectivity index (χ0n) is 13.2. The molecule has 1 aliphatic rings. The van der Waals surface area contributed by atoms with E-state index >= 15 is 0 Å². The Bertz CT molecular complexity index is 451. The Hall–Kier alpha value is -1.00. The maximum Gasteiger partial charge on any atom is 0.245 e. The summed E-state index contributed by atoms with van der Waals surface area (Å²) >= 11 is 1.86. The molecule has 0 spiro atoms. The lowest BCUT2D eigenvalue weighted by molar-refractivity contribution is -0.130. The Morgan fingerprint density at radius 3 is 2.67 bits per heavy atom. The Labute approximate surface area is 132 Å². The molecule has 0 radical (unpaired) electrons. The quantitative estimate of drug-likeness (QED) is 0.837. The van der Waals surface area contributed by atoms with Crippen molar-refractivity contribution < 1.29 is 4.79 Å². The fraction of sp³-hybridized carbons (Fsp3) is 0.588. The number of nitrogens with zero attached hydrogens (tertiary/aromatic N) is 1. The molecule has 3 nitrogen and oxygen atoms in total. The van der Waals surface area contributed by atoms with Gasteiger partial charge in [0.1, 0.15) is 6.04 Å². The van der Waals surface area contributed by atoms with Gasteiger partial charge in [-0.15, -0.1) is 0 Å². The van der Waals surface area contributed by atoms with Crippen LogP contribution in [0.2, 0.25) is 0 Å². The molecule has 1 fully saturated rings. The van der Waals surface area contributed by atoms with Gasteiger partial charge in [-0.1, -0.05) is 50.6 Å². The first-order chi connectivity index (χ1) is 10.2. The summed E-state index contributed by atoms with van der Waals surface area (Å²) in [6.45, 7) is 5.24. The largest absolute Gasteiger partial charge is 0.325 e. The van der Waals surface area contributed by atoms with Gasteiger partial charge in [0.05, 0.1) is 6.17 Å². The van der Waals surface area contributed by atoms with E-state index in [4.69, 9.17) is 0 Å². The maximum atomic E-state index is 12.7. The van der Waals surface area contributed by atoms with Gasteiger partial charge in [-0.2, -0.15) is 11.8 Å². The molecule has 1 heterocycles. The summed E-state index contributed by atoms with van der Waals surface area (Å²) in [7, 11) is 0. The van der Waals surface area contributed by atoms with Gasteiger partial charge < -0.3 is 4.90 Å². The highest BCUT2D eigenvalue weighted by molar-refractivity contribution is 7.99. The van der Waals surface area contributed by atoms with Crippen LogP contribution in [0.3, 0.4) is 0 Å². The predicted octanol–water partition coefficient (Wildman–Crippen LogP) is 3.43. The average Bonchev–Trinajstić information content (AvgIpc) is 2.82. The molecule has 0 bridgehead atoms. The van der Waals surface area contributed by atoms with Crippen molar-refractivity contribution >= 4 is 17.7 Å².